The van der Waals surface area contributed by atoms with Crippen LogP contribution in [0.4, 0.5) is 0 Å². The summed E-state index contributed by atoms with van der Waals surface area (Å²) in [5, 5.41) is 9.68. The molecule has 0 radical (unpaired) electrons. The first kappa shape index (κ1) is 32.6. The van der Waals surface area contributed by atoms with Crippen LogP contribution in [-0.4, -0.2) is 41.0 Å². The fourth-order valence-corrected chi connectivity index (χ4v) is 3.73. The molecule has 0 amide bonds. The van der Waals surface area contributed by atoms with E-state index in [1.807, 2.05) is 41.5 Å². The Hall–Kier alpha value is -2.44. The third-order valence-corrected chi connectivity index (χ3v) is 5.34. The van der Waals surface area contributed by atoms with Crippen LogP contribution < -0.4 is 0 Å². The fourth-order valence-electron chi connectivity index (χ4n) is 3.73. The number of Topliss-reactive ketones (excluding diaryl/α,β-unsaturated/α-hetero) is 1. The van der Waals surface area contributed by atoms with Crippen molar-refractivity contribution in [1.82, 2.24) is 0 Å². The van der Waals surface area contributed by atoms with Gasteiger partial charge in [0.05, 0.1) is 0 Å². The third-order valence-electron chi connectivity index (χ3n) is 5.34. The molecule has 0 heterocycles. The van der Waals surface area contributed by atoms with E-state index in [0.29, 0.717) is 31.3 Å². The van der Waals surface area contributed by atoms with E-state index in [9.17, 15) is 24.3 Å². The van der Waals surface area contributed by atoms with Crippen molar-refractivity contribution < 1.29 is 33.8 Å². The molecule has 0 aliphatic carbocycles. The fraction of sp³-hybridized carbons (Fsp3) is 0.714. The van der Waals surface area contributed by atoms with Crippen LogP contribution in [0.25, 0.3) is 0 Å². The number of carboxylic acids is 1. The van der Waals surface area contributed by atoms with Gasteiger partial charge in [-0.2, -0.15) is 0 Å². The van der Waals surface area contributed by atoms with Gasteiger partial charge in [0.1, 0.15) is 23.9 Å². The summed E-state index contributed by atoms with van der Waals surface area (Å²) in [5.74, 6) is -3.73. The maximum atomic E-state index is 12.8. The molecule has 1 N–H and O–H groups in total. The minimum absolute atomic E-state index is 0.0672. The lowest BCUT2D eigenvalue weighted by molar-refractivity contribution is -0.148. The Balaban J connectivity index is 5.15. The summed E-state index contributed by atoms with van der Waals surface area (Å²) in [6, 6.07) is 0. The van der Waals surface area contributed by atoms with Crippen molar-refractivity contribution in [2.75, 3.05) is 0 Å². The number of hydrogen-bond donors (Lipinski definition) is 1. The van der Waals surface area contributed by atoms with Gasteiger partial charge in [-0.15, -0.1) is 0 Å². The zero-order valence-corrected chi connectivity index (χ0v) is 23.0. The summed E-state index contributed by atoms with van der Waals surface area (Å²) in [7, 11) is 0. The number of ketones is 1. The van der Waals surface area contributed by atoms with E-state index in [1.165, 1.54) is 0 Å². The molecule has 7 nitrogen and oxygen atoms in total. The second-order valence-corrected chi connectivity index (χ2v) is 12.0. The highest BCUT2D eigenvalue weighted by Crippen LogP contribution is 2.28. The van der Waals surface area contributed by atoms with E-state index in [1.54, 1.807) is 13.8 Å². The highest BCUT2D eigenvalue weighted by molar-refractivity contribution is 5.98. The van der Waals surface area contributed by atoms with E-state index in [4.69, 9.17) is 9.47 Å². The Morgan fingerprint density at radius 2 is 1.14 bits per heavy atom. The molecule has 3 atom stereocenters. The molecule has 0 rings (SSSR count). The monoisotopic (exact) mass is 494 g/mol. The van der Waals surface area contributed by atoms with Crippen molar-refractivity contribution in [2.24, 2.45) is 16.7 Å². The molecule has 0 saturated carbocycles. The predicted molar refractivity (Wildman–Crippen MR) is 137 cm³/mol. The van der Waals surface area contributed by atoms with Crippen LogP contribution in [0.2, 0.25) is 0 Å². The molecule has 0 aromatic rings. The first-order valence-electron chi connectivity index (χ1n) is 12.3. The molecule has 0 spiro atoms. The number of carboxylic acid groups (broad SMARTS) is 1. The average Bonchev–Trinajstić information content (AvgIpc) is 2.64. The molecule has 0 saturated heterocycles. The lowest BCUT2D eigenvalue weighted by atomic mass is 9.85. The number of aliphatic carboxylic acids is 1. The molecule has 35 heavy (non-hydrogen) atoms. The van der Waals surface area contributed by atoms with Crippen molar-refractivity contribution in [3.05, 3.63) is 24.3 Å². The van der Waals surface area contributed by atoms with Crippen LogP contribution >= 0.6 is 0 Å². The summed E-state index contributed by atoms with van der Waals surface area (Å²) < 4.78 is 11.1. The van der Waals surface area contributed by atoms with Crippen molar-refractivity contribution in [1.29, 1.82) is 0 Å². The van der Waals surface area contributed by atoms with Crippen LogP contribution in [0.15, 0.2) is 24.3 Å². The SMILES string of the molecule is C=C(C)C(=O)OC(CCCC(=O)C(CCC(CC(C)(C)C)OC(=O)C(=C)C)C(=O)O)CC(C)(C)C. The van der Waals surface area contributed by atoms with Gasteiger partial charge in [-0.3, -0.25) is 9.59 Å². The van der Waals surface area contributed by atoms with Crippen LogP contribution in [-0.2, 0) is 28.7 Å². The molecular formula is C28H46O7. The summed E-state index contributed by atoms with van der Waals surface area (Å²) in [4.78, 5) is 48.7. The highest BCUT2D eigenvalue weighted by atomic mass is 16.5. The summed E-state index contributed by atoms with van der Waals surface area (Å²) in [6.45, 7) is 22.5. The Bertz CT molecular complexity index is 780. The zero-order valence-electron chi connectivity index (χ0n) is 23.0. The second-order valence-electron chi connectivity index (χ2n) is 12.0. The Morgan fingerprint density at radius 1 is 0.743 bits per heavy atom. The average molecular weight is 495 g/mol. The minimum atomic E-state index is -1.18. The van der Waals surface area contributed by atoms with Gasteiger partial charge in [0.25, 0.3) is 0 Å². The van der Waals surface area contributed by atoms with E-state index in [-0.39, 0.29) is 47.6 Å². The van der Waals surface area contributed by atoms with Gasteiger partial charge >= 0.3 is 17.9 Å². The van der Waals surface area contributed by atoms with Gasteiger partial charge in [-0.05, 0) is 63.2 Å². The van der Waals surface area contributed by atoms with Gasteiger partial charge in [0.15, 0.2) is 0 Å². The van der Waals surface area contributed by atoms with Gasteiger partial charge in [0, 0.05) is 17.6 Å². The second kappa shape index (κ2) is 14.2. The number of hydrogen-bond acceptors (Lipinski definition) is 6. The molecule has 0 bridgehead atoms. The number of ether oxygens (including phenoxy) is 2. The molecule has 7 heteroatoms. The van der Waals surface area contributed by atoms with Gasteiger partial charge in [-0.1, -0.05) is 54.7 Å². The first-order chi connectivity index (χ1) is 15.8. The molecule has 200 valence electrons. The molecule has 3 unspecified atom stereocenters. The summed E-state index contributed by atoms with van der Waals surface area (Å²) >= 11 is 0. The third kappa shape index (κ3) is 15.2. The van der Waals surface area contributed by atoms with E-state index >= 15 is 0 Å². The summed E-state index contributed by atoms with van der Waals surface area (Å²) in [6.07, 6.45) is 1.54. The lowest BCUT2D eigenvalue weighted by Gasteiger charge is -2.27. The molecule has 0 aliphatic rings. The zero-order chi connectivity index (χ0) is 27.6. The molecule has 0 aliphatic heterocycles. The van der Waals surface area contributed by atoms with E-state index in [0.717, 1.165) is 0 Å². The Morgan fingerprint density at radius 3 is 1.49 bits per heavy atom. The van der Waals surface area contributed by atoms with Gasteiger partial charge in [-0.25, -0.2) is 9.59 Å². The quantitative estimate of drug-likeness (QED) is 0.168. The van der Waals surface area contributed by atoms with Crippen LogP contribution in [0.1, 0.15) is 100 Å². The number of esters is 2. The maximum Gasteiger partial charge on any atom is 0.333 e. The van der Waals surface area contributed by atoms with E-state index < -0.39 is 29.9 Å². The topological polar surface area (TPSA) is 107 Å². The molecular weight excluding hydrogens is 448 g/mol. The molecule has 0 aromatic carbocycles. The smallest absolute Gasteiger partial charge is 0.333 e. The van der Waals surface area contributed by atoms with Gasteiger partial charge < -0.3 is 14.6 Å². The van der Waals surface area contributed by atoms with Crippen molar-refractivity contribution in [2.45, 2.75) is 113 Å². The number of rotatable bonds is 15. The normalized spacial score (nSPS) is 14.4. The van der Waals surface area contributed by atoms with Crippen molar-refractivity contribution in [3.8, 4) is 0 Å². The highest BCUT2D eigenvalue weighted by Gasteiger charge is 2.30. The van der Waals surface area contributed by atoms with Crippen molar-refractivity contribution >= 4 is 23.7 Å². The first-order valence-corrected chi connectivity index (χ1v) is 12.3. The minimum Gasteiger partial charge on any atom is -0.481 e. The van der Waals surface area contributed by atoms with Crippen LogP contribution in [0.3, 0.4) is 0 Å². The predicted octanol–water partition coefficient (Wildman–Crippen LogP) is 6.06. The number of carbonyl (C=O) groups is 4. The molecule has 0 aromatic heterocycles. The standard InChI is InChI=1S/C28H46O7/c1-18(2)25(32)34-20(16-27(5,6)7)12-11-13-23(29)22(24(30)31)15-14-21(17-28(8,9)10)35-26(33)19(3)4/h20-22H,1,3,11-17H2,2,4-10H3,(H,30,31). The lowest BCUT2D eigenvalue weighted by Crippen LogP contribution is -2.29. The van der Waals surface area contributed by atoms with Crippen molar-refractivity contribution in [3.63, 3.8) is 0 Å². The maximum absolute atomic E-state index is 12.8. The Kier molecular flexibility index (Phi) is 13.2. The van der Waals surface area contributed by atoms with Crippen LogP contribution in [0.5, 0.6) is 0 Å². The summed E-state index contributed by atoms with van der Waals surface area (Å²) in [5.41, 5.74) is 0.346. The Labute approximate surface area is 211 Å². The number of carbonyl (C=O) groups excluding carboxylic acids is 3. The van der Waals surface area contributed by atoms with Crippen LogP contribution in [0, 0.1) is 16.7 Å². The largest absolute Gasteiger partial charge is 0.481 e. The van der Waals surface area contributed by atoms with E-state index in [2.05, 4.69) is 13.2 Å². The van der Waals surface area contributed by atoms with Gasteiger partial charge in [0.2, 0.25) is 0 Å². The molecule has 0 fully saturated rings.